The Balaban J connectivity index is 1.65. The molecule has 0 aromatic rings. The molecule has 3 rings (SSSR count). The van der Waals surface area contributed by atoms with Crippen molar-refractivity contribution in [1.29, 1.82) is 0 Å². The lowest BCUT2D eigenvalue weighted by molar-refractivity contribution is -0.169. The van der Waals surface area contributed by atoms with Gasteiger partial charge in [0.05, 0.1) is 18.5 Å². The molecule has 0 bridgehead atoms. The maximum atomic E-state index is 12.8. The number of amides is 1. The second-order valence-corrected chi connectivity index (χ2v) is 6.94. The number of likely N-dealkylation sites (tertiary alicyclic amines) is 1. The van der Waals surface area contributed by atoms with Crippen LogP contribution in [0.2, 0.25) is 0 Å². The summed E-state index contributed by atoms with van der Waals surface area (Å²) in [7, 11) is 0. The topological polar surface area (TPSA) is 66.6 Å². The van der Waals surface area contributed by atoms with E-state index in [1.54, 1.807) is 0 Å². The average Bonchev–Trinajstić information content (AvgIpc) is 3.20. The van der Waals surface area contributed by atoms with Crippen molar-refractivity contribution < 1.29 is 9.90 Å². The van der Waals surface area contributed by atoms with Gasteiger partial charge in [0.25, 0.3) is 0 Å². The van der Waals surface area contributed by atoms with Gasteiger partial charge in [-0.25, -0.2) is 0 Å². The number of hydrogen-bond donors (Lipinski definition) is 2. The van der Waals surface area contributed by atoms with Crippen molar-refractivity contribution in [3.63, 3.8) is 0 Å². The molecule has 1 saturated heterocycles. The monoisotopic (exact) mass is 266 g/mol. The van der Waals surface area contributed by atoms with Gasteiger partial charge in [0, 0.05) is 6.54 Å². The van der Waals surface area contributed by atoms with Crippen LogP contribution in [0.25, 0.3) is 0 Å². The molecule has 0 spiro atoms. The zero-order valence-corrected chi connectivity index (χ0v) is 11.7. The lowest BCUT2D eigenvalue weighted by Gasteiger charge is -2.50. The van der Waals surface area contributed by atoms with Crippen LogP contribution in [0.4, 0.5) is 0 Å². The Morgan fingerprint density at radius 2 is 1.74 bits per heavy atom. The van der Waals surface area contributed by atoms with Crippen molar-refractivity contribution in [3.05, 3.63) is 0 Å². The van der Waals surface area contributed by atoms with Gasteiger partial charge in [-0.15, -0.1) is 0 Å². The van der Waals surface area contributed by atoms with E-state index in [0.29, 0.717) is 25.6 Å². The molecule has 19 heavy (non-hydrogen) atoms. The molecule has 1 heterocycles. The lowest BCUT2D eigenvalue weighted by Crippen LogP contribution is -2.67. The minimum atomic E-state index is -0.573. The minimum absolute atomic E-state index is 0.210. The third-order valence-corrected chi connectivity index (χ3v) is 5.46. The quantitative estimate of drug-likeness (QED) is 0.756. The van der Waals surface area contributed by atoms with E-state index in [1.807, 2.05) is 4.90 Å². The summed E-state index contributed by atoms with van der Waals surface area (Å²) < 4.78 is 0. The number of hydrogen-bond acceptors (Lipinski definition) is 3. The lowest BCUT2D eigenvalue weighted by atomic mass is 9.76. The number of β-amino-alcohol motifs (C(OH)–C–C–N with tert-alkyl or cyclic N) is 1. The van der Waals surface area contributed by atoms with Crippen LogP contribution in [0.5, 0.6) is 0 Å². The third-order valence-electron chi connectivity index (χ3n) is 5.46. The molecule has 2 aliphatic carbocycles. The minimum Gasteiger partial charge on any atom is -0.386 e. The summed E-state index contributed by atoms with van der Waals surface area (Å²) in [6.07, 6.45) is 8.79. The Hall–Kier alpha value is -0.610. The van der Waals surface area contributed by atoms with E-state index < -0.39 is 5.60 Å². The predicted molar refractivity (Wildman–Crippen MR) is 73.4 cm³/mol. The molecule has 0 radical (unpaired) electrons. The summed E-state index contributed by atoms with van der Waals surface area (Å²) in [6, 6.07) is 0. The third kappa shape index (κ3) is 2.29. The highest BCUT2D eigenvalue weighted by Gasteiger charge is 2.55. The molecule has 1 aliphatic heterocycles. The van der Waals surface area contributed by atoms with Crippen LogP contribution in [-0.4, -0.2) is 41.1 Å². The first kappa shape index (κ1) is 13.4. The summed E-state index contributed by atoms with van der Waals surface area (Å²) in [4.78, 5) is 14.6. The van der Waals surface area contributed by atoms with E-state index in [1.165, 1.54) is 12.8 Å². The molecule has 2 saturated carbocycles. The molecule has 0 aromatic carbocycles. The smallest absolute Gasteiger partial charge is 0.230 e. The Morgan fingerprint density at radius 1 is 1.16 bits per heavy atom. The molecule has 4 heteroatoms. The number of rotatable bonds is 3. The zero-order chi connectivity index (χ0) is 13.5. The van der Waals surface area contributed by atoms with Gasteiger partial charge in [0.15, 0.2) is 0 Å². The molecule has 1 amide bonds. The van der Waals surface area contributed by atoms with Crippen LogP contribution in [0.15, 0.2) is 0 Å². The van der Waals surface area contributed by atoms with Gasteiger partial charge >= 0.3 is 0 Å². The zero-order valence-electron chi connectivity index (χ0n) is 11.7. The molecule has 0 aromatic heterocycles. The summed E-state index contributed by atoms with van der Waals surface area (Å²) in [5, 5.41) is 10.4. The second kappa shape index (κ2) is 4.74. The van der Waals surface area contributed by atoms with Crippen LogP contribution >= 0.6 is 0 Å². The Labute approximate surface area is 115 Å². The number of nitrogens with two attached hydrogens (primary N) is 1. The van der Waals surface area contributed by atoms with Crippen molar-refractivity contribution in [2.24, 2.45) is 17.1 Å². The van der Waals surface area contributed by atoms with Gasteiger partial charge in [0.2, 0.25) is 5.91 Å². The molecule has 108 valence electrons. The normalized spacial score (nSPS) is 29.5. The molecule has 0 atom stereocenters. The molecule has 4 nitrogen and oxygen atoms in total. The van der Waals surface area contributed by atoms with Crippen molar-refractivity contribution >= 4 is 5.91 Å². The van der Waals surface area contributed by atoms with Crippen molar-refractivity contribution in [2.75, 3.05) is 19.6 Å². The number of carbonyl (C=O) groups excluding carboxylic acids is 1. The van der Waals surface area contributed by atoms with E-state index in [-0.39, 0.29) is 11.3 Å². The summed E-state index contributed by atoms with van der Waals surface area (Å²) in [5.74, 6) is 0.654. The first-order chi connectivity index (χ1) is 9.10. The molecule has 3 aliphatic rings. The van der Waals surface area contributed by atoms with Gasteiger partial charge in [-0.1, -0.05) is 25.7 Å². The van der Waals surface area contributed by atoms with Gasteiger partial charge in [-0.2, -0.15) is 0 Å². The van der Waals surface area contributed by atoms with Crippen LogP contribution in [0.1, 0.15) is 51.4 Å². The Bertz CT molecular complexity index is 351. The predicted octanol–water partition coefficient (Wildman–Crippen LogP) is 1.27. The van der Waals surface area contributed by atoms with E-state index in [4.69, 9.17) is 5.73 Å². The van der Waals surface area contributed by atoms with Crippen molar-refractivity contribution in [2.45, 2.75) is 57.0 Å². The Morgan fingerprint density at radius 3 is 2.21 bits per heavy atom. The van der Waals surface area contributed by atoms with E-state index >= 15 is 0 Å². The number of carbonyl (C=O) groups is 1. The van der Waals surface area contributed by atoms with Crippen LogP contribution in [0, 0.1) is 11.3 Å². The number of aliphatic hydroxyl groups is 1. The van der Waals surface area contributed by atoms with Crippen LogP contribution < -0.4 is 5.73 Å². The van der Waals surface area contributed by atoms with Gasteiger partial charge in [0.1, 0.15) is 5.60 Å². The fourth-order valence-electron chi connectivity index (χ4n) is 3.88. The van der Waals surface area contributed by atoms with Crippen molar-refractivity contribution in [1.82, 2.24) is 4.90 Å². The molecule has 3 N–H and O–H groups in total. The maximum absolute atomic E-state index is 12.8. The van der Waals surface area contributed by atoms with E-state index in [2.05, 4.69) is 0 Å². The SMILES string of the molecule is NCC1(C(=O)N2CC(O)(C3CC3)C2)CCCCCC1. The fraction of sp³-hybridized carbons (Fsp3) is 0.933. The highest BCUT2D eigenvalue weighted by Crippen LogP contribution is 2.46. The largest absolute Gasteiger partial charge is 0.386 e. The maximum Gasteiger partial charge on any atom is 0.230 e. The summed E-state index contributed by atoms with van der Waals surface area (Å²) in [5.41, 5.74) is 5.05. The van der Waals surface area contributed by atoms with Gasteiger partial charge in [-0.05, 0) is 31.6 Å². The van der Waals surface area contributed by atoms with Gasteiger partial charge in [-0.3, -0.25) is 4.79 Å². The van der Waals surface area contributed by atoms with Crippen LogP contribution in [-0.2, 0) is 4.79 Å². The Kier molecular flexibility index (Phi) is 3.34. The van der Waals surface area contributed by atoms with Gasteiger partial charge < -0.3 is 15.7 Å². The van der Waals surface area contributed by atoms with Crippen molar-refractivity contribution in [3.8, 4) is 0 Å². The first-order valence-corrected chi connectivity index (χ1v) is 7.81. The second-order valence-electron chi connectivity index (χ2n) is 6.94. The highest BCUT2D eigenvalue weighted by atomic mass is 16.3. The summed E-state index contributed by atoms with van der Waals surface area (Å²) in [6.45, 7) is 1.54. The molecular formula is C15H26N2O2. The average molecular weight is 266 g/mol. The number of nitrogens with zero attached hydrogens (tertiary/aromatic N) is 1. The summed E-state index contributed by atoms with van der Waals surface area (Å²) >= 11 is 0. The van der Waals surface area contributed by atoms with E-state index in [0.717, 1.165) is 38.5 Å². The highest BCUT2D eigenvalue weighted by molar-refractivity contribution is 5.84. The van der Waals surface area contributed by atoms with Crippen LogP contribution in [0.3, 0.4) is 0 Å². The molecule has 3 fully saturated rings. The standard InChI is InChI=1S/C15H26N2O2/c16-9-14(7-3-1-2-4-8-14)13(18)17-10-15(19,11-17)12-5-6-12/h12,19H,1-11,16H2. The first-order valence-electron chi connectivity index (χ1n) is 7.81. The van der Waals surface area contributed by atoms with E-state index in [9.17, 15) is 9.90 Å². The molecular weight excluding hydrogens is 240 g/mol. The molecule has 0 unspecified atom stereocenters. The fourth-order valence-corrected chi connectivity index (χ4v) is 3.88.